The van der Waals surface area contributed by atoms with E-state index in [1.54, 1.807) is 17.8 Å². The fraction of sp³-hybridized carbons (Fsp3) is 0.174. The summed E-state index contributed by atoms with van der Waals surface area (Å²) in [7, 11) is -3.73. The Morgan fingerprint density at radius 2 is 1.60 bits per heavy atom. The normalized spacial score (nSPS) is 11.1. The fourth-order valence-corrected chi connectivity index (χ4v) is 4.72. The molecule has 0 saturated carbocycles. The molecule has 5 nitrogen and oxygen atoms in total. The summed E-state index contributed by atoms with van der Waals surface area (Å²) in [6.45, 7) is 4.32. The van der Waals surface area contributed by atoms with E-state index in [1.807, 2.05) is 56.3 Å². The summed E-state index contributed by atoms with van der Waals surface area (Å²) < 4.78 is 28.0. The second-order valence-electron chi connectivity index (χ2n) is 6.79. The molecule has 0 bridgehead atoms. The molecule has 0 atom stereocenters. The average Bonchev–Trinajstić information content (AvgIpc) is 2.75. The van der Waals surface area contributed by atoms with Gasteiger partial charge in [0.15, 0.2) is 0 Å². The zero-order chi connectivity index (χ0) is 21.6. The first-order valence-electron chi connectivity index (χ1n) is 9.52. The largest absolute Gasteiger partial charge is 0.351 e. The molecule has 0 aliphatic rings. The first kappa shape index (κ1) is 21.9. The van der Waals surface area contributed by atoms with Crippen LogP contribution in [0.3, 0.4) is 0 Å². The van der Waals surface area contributed by atoms with Crippen LogP contribution in [0.4, 0.5) is 5.69 Å². The summed E-state index contributed by atoms with van der Waals surface area (Å²) in [5.41, 5.74) is 2.86. The van der Waals surface area contributed by atoms with Gasteiger partial charge in [-0.15, -0.1) is 11.8 Å². The van der Waals surface area contributed by atoms with Gasteiger partial charge in [0.05, 0.1) is 10.6 Å². The number of aryl methyl sites for hydroxylation is 1. The summed E-state index contributed by atoms with van der Waals surface area (Å²) in [5, 5.41) is 2.86. The molecule has 0 aromatic heterocycles. The van der Waals surface area contributed by atoms with Crippen LogP contribution in [0.25, 0.3) is 0 Å². The van der Waals surface area contributed by atoms with Crippen molar-refractivity contribution in [3.63, 3.8) is 0 Å². The van der Waals surface area contributed by atoms with Gasteiger partial charge < -0.3 is 5.32 Å². The Balaban J connectivity index is 1.58. The Hall–Kier alpha value is -2.77. The Labute approximate surface area is 182 Å². The van der Waals surface area contributed by atoms with E-state index in [-0.39, 0.29) is 10.8 Å². The van der Waals surface area contributed by atoms with Crippen LogP contribution in [0.5, 0.6) is 0 Å². The topological polar surface area (TPSA) is 75.3 Å². The highest BCUT2D eigenvalue weighted by Crippen LogP contribution is 2.22. The number of hydrogen-bond acceptors (Lipinski definition) is 4. The molecule has 0 aliphatic heterocycles. The van der Waals surface area contributed by atoms with Gasteiger partial charge in [0.25, 0.3) is 15.9 Å². The Kier molecular flexibility index (Phi) is 7.18. The molecule has 0 unspecified atom stereocenters. The third kappa shape index (κ3) is 5.64. The first-order chi connectivity index (χ1) is 14.4. The van der Waals surface area contributed by atoms with Crippen molar-refractivity contribution in [2.24, 2.45) is 0 Å². The van der Waals surface area contributed by atoms with Crippen molar-refractivity contribution < 1.29 is 13.2 Å². The van der Waals surface area contributed by atoms with Gasteiger partial charge in [-0.25, -0.2) is 8.42 Å². The quantitative estimate of drug-likeness (QED) is 0.396. The number of rotatable bonds is 8. The predicted molar refractivity (Wildman–Crippen MR) is 123 cm³/mol. The molecule has 7 heteroatoms. The molecule has 2 N–H and O–H groups in total. The summed E-state index contributed by atoms with van der Waals surface area (Å²) in [6.07, 6.45) is 0. The zero-order valence-electron chi connectivity index (χ0n) is 16.9. The lowest BCUT2D eigenvalue weighted by molar-refractivity contribution is 0.0956. The maximum atomic E-state index is 12.7. The lowest BCUT2D eigenvalue weighted by Crippen LogP contribution is -2.25. The summed E-state index contributed by atoms with van der Waals surface area (Å²) in [4.78, 5) is 13.6. The Morgan fingerprint density at radius 3 is 2.30 bits per heavy atom. The number of anilines is 1. The maximum Gasteiger partial charge on any atom is 0.261 e. The first-order valence-corrected chi connectivity index (χ1v) is 12.0. The molecular formula is C23H24N2O3S2. The Bertz CT molecular complexity index is 1110. The van der Waals surface area contributed by atoms with Gasteiger partial charge in [-0.3, -0.25) is 9.52 Å². The molecule has 3 aromatic rings. The molecular weight excluding hydrogens is 416 g/mol. The zero-order valence-corrected chi connectivity index (χ0v) is 18.5. The molecule has 0 heterocycles. The number of benzene rings is 3. The fourth-order valence-electron chi connectivity index (χ4n) is 2.80. The average molecular weight is 441 g/mol. The van der Waals surface area contributed by atoms with Crippen molar-refractivity contribution in [2.75, 3.05) is 17.0 Å². The molecule has 0 saturated heterocycles. The minimum atomic E-state index is -3.73. The monoisotopic (exact) mass is 440 g/mol. The molecule has 30 heavy (non-hydrogen) atoms. The van der Waals surface area contributed by atoms with Crippen LogP contribution in [0.1, 0.15) is 21.5 Å². The predicted octanol–water partition coefficient (Wildman–Crippen LogP) is 4.63. The van der Waals surface area contributed by atoms with Crippen molar-refractivity contribution in [1.29, 1.82) is 0 Å². The van der Waals surface area contributed by atoms with E-state index in [1.165, 1.54) is 24.3 Å². The van der Waals surface area contributed by atoms with Crippen LogP contribution in [0.15, 0.2) is 82.6 Å². The van der Waals surface area contributed by atoms with E-state index < -0.39 is 10.0 Å². The second kappa shape index (κ2) is 9.82. The number of carbonyl (C=O) groups excluding carboxylic acids is 1. The van der Waals surface area contributed by atoms with E-state index in [0.717, 1.165) is 21.8 Å². The van der Waals surface area contributed by atoms with Crippen LogP contribution in [-0.4, -0.2) is 26.6 Å². The highest BCUT2D eigenvalue weighted by Gasteiger charge is 2.16. The maximum absolute atomic E-state index is 12.7. The molecule has 0 spiro atoms. The van der Waals surface area contributed by atoms with Crippen molar-refractivity contribution in [3.05, 3.63) is 89.5 Å². The third-order valence-electron chi connectivity index (χ3n) is 4.68. The summed E-state index contributed by atoms with van der Waals surface area (Å²) >= 11 is 1.66. The third-order valence-corrected chi connectivity index (χ3v) is 7.07. The Morgan fingerprint density at radius 1 is 0.900 bits per heavy atom. The SMILES string of the molecule is Cc1cccc(NS(=O)(=O)c2ccc(C(=O)NCCSc3ccccc3)cc2)c1C. The molecule has 156 valence electrons. The van der Waals surface area contributed by atoms with Gasteiger partial charge >= 0.3 is 0 Å². The van der Waals surface area contributed by atoms with Gasteiger partial charge in [-0.05, 0) is 67.4 Å². The minimum Gasteiger partial charge on any atom is -0.351 e. The minimum absolute atomic E-state index is 0.111. The van der Waals surface area contributed by atoms with Crippen LogP contribution in [-0.2, 0) is 10.0 Å². The van der Waals surface area contributed by atoms with Crippen LogP contribution >= 0.6 is 11.8 Å². The van der Waals surface area contributed by atoms with E-state index in [2.05, 4.69) is 10.0 Å². The number of hydrogen-bond donors (Lipinski definition) is 2. The van der Waals surface area contributed by atoms with E-state index >= 15 is 0 Å². The van der Waals surface area contributed by atoms with E-state index in [4.69, 9.17) is 0 Å². The van der Waals surface area contributed by atoms with Gasteiger partial charge in [0, 0.05) is 22.8 Å². The van der Waals surface area contributed by atoms with Crippen LogP contribution < -0.4 is 10.0 Å². The number of nitrogens with one attached hydrogen (secondary N) is 2. The lowest BCUT2D eigenvalue weighted by Gasteiger charge is -2.12. The van der Waals surface area contributed by atoms with Gasteiger partial charge in [0.1, 0.15) is 0 Å². The number of thioether (sulfide) groups is 1. The van der Waals surface area contributed by atoms with Crippen molar-refractivity contribution >= 4 is 33.4 Å². The van der Waals surface area contributed by atoms with Crippen LogP contribution in [0.2, 0.25) is 0 Å². The second-order valence-corrected chi connectivity index (χ2v) is 9.65. The molecule has 0 radical (unpaired) electrons. The molecule has 3 aromatic carbocycles. The highest BCUT2D eigenvalue weighted by atomic mass is 32.2. The molecule has 3 rings (SSSR count). The summed E-state index contributed by atoms with van der Waals surface area (Å²) in [6, 6.07) is 21.4. The van der Waals surface area contributed by atoms with Crippen molar-refractivity contribution in [3.8, 4) is 0 Å². The highest BCUT2D eigenvalue weighted by molar-refractivity contribution is 7.99. The number of amides is 1. The number of sulfonamides is 1. The summed E-state index contributed by atoms with van der Waals surface area (Å²) in [5.74, 6) is 0.525. The van der Waals surface area contributed by atoms with E-state index in [9.17, 15) is 13.2 Å². The van der Waals surface area contributed by atoms with Gasteiger partial charge in [-0.2, -0.15) is 0 Å². The standard InChI is InChI=1S/C23H24N2O3S2/c1-17-7-6-10-22(18(17)2)25-30(27,28)21-13-11-19(12-14-21)23(26)24-15-16-29-20-8-4-3-5-9-20/h3-14,25H,15-16H2,1-2H3,(H,24,26). The van der Waals surface area contributed by atoms with E-state index in [0.29, 0.717) is 17.8 Å². The van der Waals surface area contributed by atoms with Crippen LogP contribution in [0, 0.1) is 13.8 Å². The molecule has 1 amide bonds. The van der Waals surface area contributed by atoms with Crippen molar-refractivity contribution in [2.45, 2.75) is 23.6 Å². The van der Waals surface area contributed by atoms with Crippen molar-refractivity contribution in [1.82, 2.24) is 5.32 Å². The molecule has 0 fully saturated rings. The van der Waals surface area contributed by atoms with Gasteiger partial charge in [0.2, 0.25) is 0 Å². The smallest absolute Gasteiger partial charge is 0.261 e. The van der Waals surface area contributed by atoms with Gasteiger partial charge in [-0.1, -0.05) is 30.3 Å². The molecule has 0 aliphatic carbocycles. The number of carbonyl (C=O) groups is 1. The lowest BCUT2D eigenvalue weighted by atomic mass is 10.1.